The lowest BCUT2D eigenvalue weighted by Crippen LogP contribution is -2.35. The molecule has 22 heavy (non-hydrogen) atoms. The summed E-state index contributed by atoms with van der Waals surface area (Å²) in [4.78, 5) is 22.4. The highest BCUT2D eigenvalue weighted by atomic mass is 16.6. The molecule has 116 valence electrons. The number of amides is 1. The van der Waals surface area contributed by atoms with Gasteiger partial charge in [0.1, 0.15) is 5.69 Å². The summed E-state index contributed by atoms with van der Waals surface area (Å²) in [7, 11) is 1.68. The molecule has 1 heterocycles. The van der Waals surface area contributed by atoms with E-state index < -0.39 is 4.92 Å². The molecule has 0 spiro atoms. The number of carbonyl (C=O) groups excluding carboxylic acids is 1. The number of aliphatic hydroxyl groups is 1. The van der Waals surface area contributed by atoms with Gasteiger partial charge in [-0.2, -0.15) is 5.10 Å². The van der Waals surface area contributed by atoms with Crippen LogP contribution in [0.15, 0.2) is 30.5 Å². The lowest BCUT2D eigenvalue weighted by atomic mass is 10.1. The highest BCUT2D eigenvalue weighted by Crippen LogP contribution is 2.24. The molecule has 1 aromatic heterocycles. The smallest absolute Gasteiger partial charge is 0.269 e. The van der Waals surface area contributed by atoms with Gasteiger partial charge in [-0.15, -0.1) is 0 Å². The average Bonchev–Trinajstić information content (AvgIpc) is 2.89. The number of nitro benzene ring substituents is 1. The summed E-state index contributed by atoms with van der Waals surface area (Å²) in [6, 6.07) is 5.45. The van der Waals surface area contributed by atoms with Crippen molar-refractivity contribution < 1.29 is 14.8 Å². The molecular formula is C14H16N4O4. The van der Waals surface area contributed by atoms with E-state index in [4.69, 9.17) is 5.11 Å². The third-order valence-electron chi connectivity index (χ3n) is 3.08. The normalized spacial score (nSPS) is 12.0. The summed E-state index contributed by atoms with van der Waals surface area (Å²) in [5.41, 5.74) is 1.35. The minimum absolute atomic E-state index is 0.0282. The quantitative estimate of drug-likeness (QED) is 0.635. The molecule has 0 bridgehead atoms. The lowest BCUT2D eigenvalue weighted by Gasteiger charge is -2.10. The monoisotopic (exact) mass is 304 g/mol. The molecule has 0 aliphatic carbocycles. The number of non-ortho nitro benzene ring substituents is 1. The lowest BCUT2D eigenvalue weighted by molar-refractivity contribution is -0.384. The number of aryl methyl sites for hydroxylation is 1. The van der Waals surface area contributed by atoms with Crippen LogP contribution in [0, 0.1) is 10.1 Å². The van der Waals surface area contributed by atoms with Crippen molar-refractivity contribution in [1.82, 2.24) is 15.1 Å². The molecule has 2 aromatic rings. The van der Waals surface area contributed by atoms with Crippen molar-refractivity contribution >= 4 is 11.6 Å². The van der Waals surface area contributed by atoms with Gasteiger partial charge in [0, 0.05) is 37.0 Å². The van der Waals surface area contributed by atoms with E-state index in [1.807, 2.05) is 0 Å². The van der Waals surface area contributed by atoms with Crippen LogP contribution in [0.4, 0.5) is 5.69 Å². The van der Waals surface area contributed by atoms with Crippen molar-refractivity contribution in [1.29, 1.82) is 0 Å². The van der Waals surface area contributed by atoms with Crippen LogP contribution in [0.25, 0.3) is 11.3 Å². The van der Waals surface area contributed by atoms with Crippen LogP contribution in [0.1, 0.15) is 17.3 Å². The molecule has 0 aliphatic heterocycles. The molecule has 2 N–H and O–H groups in total. The number of aliphatic hydroxyl groups excluding tert-OH is 1. The van der Waals surface area contributed by atoms with Crippen LogP contribution in [-0.2, 0) is 7.05 Å². The Morgan fingerprint density at radius 3 is 2.64 bits per heavy atom. The van der Waals surface area contributed by atoms with Crippen molar-refractivity contribution in [3.8, 4) is 11.3 Å². The van der Waals surface area contributed by atoms with Crippen molar-refractivity contribution in [3.63, 3.8) is 0 Å². The minimum Gasteiger partial charge on any atom is -0.394 e. The third kappa shape index (κ3) is 3.29. The molecule has 0 aliphatic rings. The Bertz CT molecular complexity index is 693. The van der Waals surface area contributed by atoms with Crippen molar-refractivity contribution in [2.75, 3.05) is 6.61 Å². The van der Waals surface area contributed by atoms with Gasteiger partial charge in [-0.1, -0.05) is 0 Å². The van der Waals surface area contributed by atoms with E-state index in [9.17, 15) is 14.9 Å². The highest BCUT2D eigenvalue weighted by Gasteiger charge is 2.19. The second-order valence-corrected chi connectivity index (χ2v) is 4.93. The van der Waals surface area contributed by atoms with Gasteiger partial charge >= 0.3 is 0 Å². The van der Waals surface area contributed by atoms with E-state index in [1.165, 1.54) is 16.8 Å². The summed E-state index contributed by atoms with van der Waals surface area (Å²) in [6.45, 7) is 1.51. The van der Waals surface area contributed by atoms with Gasteiger partial charge in [-0.05, 0) is 19.1 Å². The van der Waals surface area contributed by atoms with Crippen molar-refractivity contribution in [2.24, 2.45) is 7.05 Å². The second kappa shape index (κ2) is 6.35. The van der Waals surface area contributed by atoms with Crippen LogP contribution < -0.4 is 5.32 Å². The van der Waals surface area contributed by atoms with Crippen LogP contribution in [0.5, 0.6) is 0 Å². The highest BCUT2D eigenvalue weighted by molar-refractivity contribution is 6.00. The molecule has 0 saturated carbocycles. The fourth-order valence-electron chi connectivity index (χ4n) is 1.96. The predicted molar refractivity (Wildman–Crippen MR) is 79.3 cm³/mol. The van der Waals surface area contributed by atoms with Crippen LogP contribution in [-0.4, -0.2) is 38.4 Å². The van der Waals surface area contributed by atoms with E-state index in [0.29, 0.717) is 16.8 Å². The first-order valence-electron chi connectivity index (χ1n) is 6.62. The first kappa shape index (κ1) is 15.6. The topological polar surface area (TPSA) is 110 Å². The zero-order chi connectivity index (χ0) is 16.3. The molecule has 1 amide bonds. The Balaban J connectivity index is 2.35. The van der Waals surface area contributed by atoms with E-state index in [1.54, 1.807) is 32.3 Å². The SMILES string of the molecule is CC(CO)NC(=O)c1cn(C)nc1-c1ccc([N+](=O)[O-])cc1. The molecule has 0 radical (unpaired) electrons. The van der Waals surface area contributed by atoms with Crippen LogP contribution in [0.2, 0.25) is 0 Å². The second-order valence-electron chi connectivity index (χ2n) is 4.93. The molecule has 1 atom stereocenters. The Kier molecular flexibility index (Phi) is 4.52. The number of benzene rings is 1. The first-order chi connectivity index (χ1) is 10.4. The first-order valence-corrected chi connectivity index (χ1v) is 6.62. The molecule has 2 rings (SSSR count). The number of aromatic nitrogens is 2. The van der Waals surface area contributed by atoms with Gasteiger partial charge in [0.25, 0.3) is 11.6 Å². The van der Waals surface area contributed by atoms with E-state index in [-0.39, 0.29) is 24.2 Å². The average molecular weight is 304 g/mol. The number of hydrogen-bond acceptors (Lipinski definition) is 5. The van der Waals surface area contributed by atoms with Gasteiger partial charge in [0.05, 0.1) is 17.1 Å². The Labute approximate surface area is 126 Å². The third-order valence-corrected chi connectivity index (χ3v) is 3.08. The van der Waals surface area contributed by atoms with Gasteiger partial charge < -0.3 is 10.4 Å². The molecule has 0 fully saturated rings. The number of nitrogens with zero attached hydrogens (tertiary/aromatic N) is 3. The zero-order valence-electron chi connectivity index (χ0n) is 12.2. The maximum absolute atomic E-state index is 12.2. The minimum atomic E-state index is -0.487. The van der Waals surface area contributed by atoms with Gasteiger partial charge in [-0.25, -0.2) is 0 Å². The fraction of sp³-hybridized carbons (Fsp3) is 0.286. The summed E-state index contributed by atoms with van der Waals surface area (Å²) in [6.07, 6.45) is 1.57. The van der Waals surface area contributed by atoms with Crippen LogP contribution >= 0.6 is 0 Å². The standard InChI is InChI=1S/C14H16N4O4/c1-9(8-19)15-14(20)12-7-17(2)16-13(12)10-3-5-11(6-4-10)18(21)22/h3-7,9,19H,8H2,1-2H3,(H,15,20). The van der Waals surface area contributed by atoms with E-state index in [2.05, 4.69) is 10.4 Å². The predicted octanol–water partition coefficient (Wildman–Crippen LogP) is 1.11. The number of rotatable bonds is 5. The summed E-state index contributed by atoms with van der Waals surface area (Å²) in [5, 5.41) is 26.6. The number of carbonyl (C=O) groups is 1. The zero-order valence-corrected chi connectivity index (χ0v) is 12.2. The summed E-state index contributed by atoms with van der Waals surface area (Å²) < 4.78 is 1.50. The molecule has 8 heteroatoms. The number of nitrogens with one attached hydrogen (secondary N) is 1. The molecule has 0 saturated heterocycles. The number of nitro groups is 1. The van der Waals surface area contributed by atoms with E-state index >= 15 is 0 Å². The molecule has 8 nitrogen and oxygen atoms in total. The van der Waals surface area contributed by atoms with Gasteiger partial charge in [0.15, 0.2) is 0 Å². The Morgan fingerprint density at radius 1 is 1.45 bits per heavy atom. The Hall–Kier alpha value is -2.74. The van der Waals surface area contributed by atoms with Crippen molar-refractivity contribution in [3.05, 3.63) is 46.1 Å². The van der Waals surface area contributed by atoms with E-state index in [0.717, 1.165) is 0 Å². The maximum Gasteiger partial charge on any atom is 0.269 e. The van der Waals surface area contributed by atoms with Gasteiger partial charge in [-0.3, -0.25) is 19.6 Å². The Morgan fingerprint density at radius 2 is 2.09 bits per heavy atom. The number of hydrogen-bond donors (Lipinski definition) is 2. The van der Waals surface area contributed by atoms with Crippen molar-refractivity contribution in [2.45, 2.75) is 13.0 Å². The largest absolute Gasteiger partial charge is 0.394 e. The van der Waals surface area contributed by atoms with Gasteiger partial charge in [0.2, 0.25) is 0 Å². The molecule has 1 unspecified atom stereocenters. The molecule has 1 aromatic carbocycles. The summed E-state index contributed by atoms with van der Waals surface area (Å²) >= 11 is 0. The molecular weight excluding hydrogens is 288 g/mol. The van der Waals surface area contributed by atoms with Crippen LogP contribution in [0.3, 0.4) is 0 Å². The fourth-order valence-corrected chi connectivity index (χ4v) is 1.96. The summed E-state index contributed by atoms with van der Waals surface area (Å²) in [5.74, 6) is -0.358. The maximum atomic E-state index is 12.2.